The summed E-state index contributed by atoms with van der Waals surface area (Å²) in [6, 6.07) is 16.8. The molecule has 3 N–H and O–H groups in total. The Morgan fingerprint density at radius 3 is 2.26 bits per heavy atom. The lowest BCUT2D eigenvalue weighted by atomic mass is 10.0. The van der Waals surface area contributed by atoms with Crippen LogP contribution in [-0.2, 0) is 22.6 Å². The smallest absolute Gasteiger partial charge is 0.408 e. The highest BCUT2D eigenvalue weighted by Gasteiger charge is 2.24. The molecule has 2 amide bonds. The van der Waals surface area contributed by atoms with Gasteiger partial charge in [0.25, 0.3) is 0 Å². The molecule has 35 heavy (non-hydrogen) atoms. The lowest BCUT2D eigenvalue weighted by Gasteiger charge is -2.20. The first kappa shape index (κ1) is 26.9. The first-order valence-electron chi connectivity index (χ1n) is 10.5. The third kappa shape index (κ3) is 7.62. The van der Waals surface area contributed by atoms with E-state index in [1.165, 1.54) is 14.2 Å². The third-order valence-corrected chi connectivity index (χ3v) is 6.65. The van der Waals surface area contributed by atoms with Crippen LogP contribution < -0.4 is 20.1 Å². The molecule has 3 rings (SSSR count). The van der Waals surface area contributed by atoms with Gasteiger partial charge in [-0.2, -0.15) is 0 Å². The van der Waals surface area contributed by atoms with Crippen LogP contribution in [0.4, 0.5) is 10.5 Å². The maximum Gasteiger partial charge on any atom is 0.408 e. The Morgan fingerprint density at radius 2 is 1.63 bits per heavy atom. The number of hydrogen-bond donors (Lipinski definition) is 3. The Balaban J connectivity index is 1.81. The van der Waals surface area contributed by atoms with Crippen LogP contribution in [0.1, 0.15) is 11.1 Å². The van der Waals surface area contributed by atoms with E-state index >= 15 is 0 Å². The van der Waals surface area contributed by atoms with Gasteiger partial charge in [0.2, 0.25) is 5.91 Å². The second kappa shape index (κ2) is 12.8. The van der Waals surface area contributed by atoms with Crippen LogP contribution in [0, 0.1) is 7.14 Å². The second-order valence-corrected chi connectivity index (χ2v) is 9.75. The lowest BCUT2D eigenvalue weighted by Crippen LogP contribution is -2.45. The lowest BCUT2D eigenvalue weighted by molar-refractivity contribution is -0.118. The van der Waals surface area contributed by atoms with E-state index in [2.05, 4.69) is 10.6 Å². The summed E-state index contributed by atoms with van der Waals surface area (Å²) in [5, 5.41) is 15.6. The van der Waals surface area contributed by atoms with Gasteiger partial charge in [0, 0.05) is 12.5 Å². The fourth-order valence-electron chi connectivity index (χ4n) is 3.22. The van der Waals surface area contributed by atoms with Crippen molar-refractivity contribution in [1.29, 1.82) is 0 Å². The number of rotatable bonds is 9. The third-order valence-electron chi connectivity index (χ3n) is 5.00. The normalized spacial score (nSPS) is 11.3. The van der Waals surface area contributed by atoms with E-state index in [4.69, 9.17) is 14.2 Å². The van der Waals surface area contributed by atoms with Gasteiger partial charge in [-0.3, -0.25) is 4.79 Å². The van der Waals surface area contributed by atoms with Crippen LogP contribution >= 0.6 is 45.2 Å². The monoisotopic (exact) mass is 702 g/mol. The number of ether oxygens (including phenoxy) is 3. The largest absolute Gasteiger partial charge is 0.506 e. The SMILES string of the molecule is COc1ccc(OC)c(NC(=O)[C@H](Cc2cc(I)c(O)c(I)c2)NC(=O)OCc2ccccc2)c1. The zero-order valence-corrected chi connectivity index (χ0v) is 23.3. The maximum atomic E-state index is 13.3. The van der Waals surface area contributed by atoms with Crippen LogP contribution in [0.15, 0.2) is 60.7 Å². The maximum absolute atomic E-state index is 13.3. The van der Waals surface area contributed by atoms with Crippen molar-refractivity contribution >= 4 is 62.9 Å². The molecule has 0 saturated carbocycles. The molecule has 0 aromatic heterocycles. The minimum Gasteiger partial charge on any atom is -0.506 e. The van der Waals surface area contributed by atoms with Gasteiger partial charge in [0.15, 0.2) is 0 Å². The molecule has 10 heteroatoms. The summed E-state index contributed by atoms with van der Waals surface area (Å²) in [4.78, 5) is 25.9. The molecule has 8 nitrogen and oxygen atoms in total. The van der Waals surface area contributed by atoms with Crippen molar-refractivity contribution in [3.05, 3.63) is 78.9 Å². The molecule has 0 aliphatic rings. The Bertz CT molecular complexity index is 1170. The predicted molar refractivity (Wildman–Crippen MR) is 149 cm³/mol. The van der Waals surface area contributed by atoms with Crippen molar-refractivity contribution < 1.29 is 28.9 Å². The summed E-state index contributed by atoms with van der Waals surface area (Å²) in [5.41, 5.74) is 1.99. The summed E-state index contributed by atoms with van der Waals surface area (Å²) in [6.07, 6.45) is -0.556. The van der Waals surface area contributed by atoms with Gasteiger partial charge in [-0.15, -0.1) is 0 Å². The fourth-order valence-corrected chi connectivity index (χ4v) is 5.12. The first-order chi connectivity index (χ1) is 16.8. The molecule has 0 heterocycles. The van der Waals surface area contributed by atoms with Crippen molar-refractivity contribution in [2.75, 3.05) is 19.5 Å². The number of aromatic hydroxyl groups is 1. The van der Waals surface area contributed by atoms with Crippen LogP contribution in [0.25, 0.3) is 0 Å². The molecule has 0 spiro atoms. The summed E-state index contributed by atoms with van der Waals surface area (Å²) < 4.78 is 17.2. The van der Waals surface area contributed by atoms with Gasteiger partial charge in [0.05, 0.1) is 27.0 Å². The van der Waals surface area contributed by atoms with Gasteiger partial charge >= 0.3 is 6.09 Å². The number of hydrogen-bond acceptors (Lipinski definition) is 6. The average Bonchev–Trinajstić information content (AvgIpc) is 2.86. The number of benzene rings is 3. The van der Waals surface area contributed by atoms with Gasteiger partial charge < -0.3 is 30.0 Å². The zero-order chi connectivity index (χ0) is 25.4. The van der Waals surface area contributed by atoms with E-state index in [0.29, 0.717) is 24.3 Å². The number of alkyl carbamates (subject to hydrolysis) is 1. The molecule has 3 aromatic rings. The summed E-state index contributed by atoms with van der Waals surface area (Å²) in [7, 11) is 3.02. The number of phenols is 1. The predicted octanol–water partition coefficient (Wildman–Crippen LogP) is 5.09. The summed E-state index contributed by atoms with van der Waals surface area (Å²) in [5.74, 6) is 0.687. The van der Waals surface area contributed by atoms with E-state index in [0.717, 1.165) is 11.1 Å². The van der Waals surface area contributed by atoms with E-state index in [9.17, 15) is 14.7 Å². The van der Waals surface area contributed by atoms with Crippen LogP contribution in [0.5, 0.6) is 17.2 Å². The molecule has 0 unspecified atom stereocenters. The number of nitrogens with one attached hydrogen (secondary N) is 2. The number of amides is 2. The Labute approximate surface area is 230 Å². The zero-order valence-electron chi connectivity index (χ0n) is 19.0. The van der Waals surface area contributed by atoms with Crippen molar-refractivity contribution in [1.82, 2.24) is 5.32 Å². The van der Waals surface area contributed by atoms with E-state index in [1.807, 2.05) is 75.5 Å². The average molecular weight is 702 g/mol. The topological polar surface area (TPSA) is 106 Å². The van der Waals surface area contributed by atoms with Crippen molar-refractivity contribution in [2.24, 2.45) is 0 Å². The van der Waals surface area contributed by atoms with Crippen LogP contribution in [-0.4, -0.2) is 37.4 Å². The molecule has 0 bridgehead atoms. The van der Waals surface area contributed by atoms with Crippen molar-refractivity contribution in [3.8, 4) is 17.2 Å². The van der Waals surface area contributed by atoms with Crippen LogP contribution in [0.3, 0.4) is 0 Å². The van der Waals surface area contributed by atoms with Crippen molar-refractivity contribution in [3.63, 3.8) is 0 Å². The molecule has 0 radical (unpaired) electrons. The highest BCUT2D eigenvalue weighted by atomic mass is 127. The summed E-state index contributed by atoms with van der Waals surface area (Å²) in [6.45, 7) is 0.0692. The van der Waals surface area contributed by atoms with Gasteiger partial charge in [-0.1, -0.05) is 30.3 Å². The number of carbonyl (C=O) groups excluding carboxylic acids is 2. The number of methoxy groups -OCH3 is 2. The minimum atomic E-state index is -0.967. The molecule has 0 aliphatic heterocycles. The Hall–Kier alpha value is -2.74. The van der Waals surface area contributed by atoms with Crippen molar-refractivity contribution in [2.45, 2.75) is 19.1 Å². The van der Waals surface area contributed by atoms with E-state index in [1.54, 1.807) is 30.3 Å². The van der Waals surface area contributed by atoms with Gasteiger partial charge in [0.1, 0.15) is 29.9 Å². The summed E-state index contributed by atoms with van der Waals surface area (Å²) >= 11 is 4.05. The molecular weight excluding hydrogens is 678 g/mol. The molecule has 0 fully saturated rings. The minimum absolute atomic E-state index is 0.0692. The van der Waals surface area contributed by atoms with E-state index in [-0.39, 0.29) is 18.8 Å². The second-order valence-electron chi connectivity index (χ2n) is 7.43. The number of phenolic OH excluding ortho intramolecular Hbond substituents is 1. The number of anilines is 1. The Kier molecular flexibility index (Phi) is 9.83. The highest BCUT2D eigenvalue weighted by molar-refractivity contribution is 14.1. The van der Waals surface area contributed by atoms with Gasteiger partial charge in [-0.05, 0) is 80.6 Å². The number of halogens is 2. The Morgan fingerprint density at radius 1 is 0.943 bits per heavy atom. The molecule has 3 aromatic carbocycles. The quantitative estimate of drug-likeness (QED) is 0.269. The molecule has 184 valence electrons. The first-order valence-corrected chi connectivity index (χ1v) is 12.6. The highest BCUT2D eigenvalue weighted by Crippen LogP contribution is 2.30. The van der Waals surface area contributed by atoms with E-state index < -0.39 is 18.0 Å². The molecular formula is C25H24I2N2O6. The molecule has 0 saturated heterocycles. The molecule has 1 atom stereocenters. The molecule has 0 aliphatic carbocycles. The van der Waals surface area contributed by atoms with Gasteiger partial charge in [-0.25, -0.2) is 4.79 Å². The van der Waals surface area contributed by atoms with Crippen LogP contribution in [0.2, 0.25) is 0 Å². The standard InChI is InChI=1S/C25H24I2N2O6/c1-33-17-8-9-22(34-2)20(13-17)28-24(31)21(12-16-10-18(26)23(30)19(27)11-16)29-25(32)35-14-15-6-4-3-5-7-15/h3-11,13,21,30H,12,14H2,1-2H3,(H,28,31)(H,29,32)/t21-/m0/s1. The number of carbonyl (C=O) groups is 2. The fraction of sp³-hybridized carbons (Fsp3) is 0.200.